The molecule has 3 N–H and O–H groups in total. The molecule has 0 aliphatic heterocycles. The van der Waals surface area contributed by atoms with Crippen molar-refractivity contribution in [1.29, 1.82) is 0 Å². The highest BCUT2D eigenvalue weighted by atomic mass is 16.1. The molecule has 0 aliphatic rings. The van der Waals surface area contributed by atoms with Crippen LogP contribution in [0, 0.1) is 0 Å². The number of benzene rings is 1. The topological polar surface area (TPSA) is 71.8 Å². The summed E-state index contributed by atoms with van der Waals surface area (Å²) in [5.41, 5.74) is 7.40. The minimum atomic E-state index is -0.440. The number of fused-ring (bicyclic) bond motifs is 1. The van der Waals surface area contributed by atoms with Crippen molar-refractivity contribution in [3.8, 4) is 0 Å². The van der Waals surface area contributed by atoms with Crippen LogP contribution < -0.4 is 5.73 Å². The molecule has 0 spiro atoms. The second-order valence-electron chi connectivity index (χ2n) is 3.12. The van der Waals surface area contributed by atoms with E-state index in [9.17, 15) is 4.79 Å². The summed E-state index contributed by atoms with van der Waals surface area (Å²) >= 11 is 0. The first-order chi connectivity index (χ1) is 6.74. The van der Waals surface area contributed by atoms with Crippen LogP contribution in [0.1, 0.15) is 23.0 Å². The summed E-state index contributed by atoms with van der Waals surface area (Å²) in [5.74, 6) is -0.440. The molecular formula is C10H11N3O. The number of nitrogens with two attached hydrogens (primary N) is 1. The molecule has 0 saturated carbocycles. The van der Waals surface area contributed by atoms with Gasteiger partial charge >= 0.3 is 0 Å². The van der Waals surface area contributed by atoms with Gasteiger partial charge < -0.3 is 5.73 Å². The molecule has 0 fully saturated rings. The van der Waals surface area contributed by atoms with Crippen molar-refractivity contribution in [2.24, 2.45) is 5.73 Å². The highest BCUT2D eigenvalue weighted by Crippen LogP contribution is 2.19. The van der Waals surface area contributed by atoms with E-state index in [0.29, 0.717) is 11.1 Å². The zero-order valence-electron chi connectivity index (χ0n) is 7.87. The van der Waals surface area contributed by atoms with Crippen molar-refractivity contribution in [3.05, 3.63) is 29.5 Å². The Morgan fingerprint density at radius 3 is 3.00 bits per heavy atom. The average Bonchev–Trinajstić information content (AvgIpc) is 2.59. The Labute approximate surface area is 81.1 Å². The molecule has 0 atom stereocenters. The van der Waals surface area contributed by atoms with Crippen LogP contribution in [0.25, 0.3) is 10.9 Å². The molecule has 72 valence electrons. The third-order valence-electron chi connectivity index (χ3n) is 2.28. The van der Waals surface area contributed by atoms with Crippen LogP contribution in [0.4, 0.5) is 0 Å². The molecule has 4 heteroatoms. The van der Waals surface area contributed by atoms with E-state index in [0.717, 1.165) is 17.5 Å². The summed E-state index contributed by atoms with van der Waals surface area (Å²) < 4.78 is 0. The third kappa shape index (κ3) is 1.16. The largest absolute Gasteiger partial charge is 0.366 e. The zero-order chi connectivity index (χ0) is 10.1. The average molecular weight is 189 g/mol. The summed E-state index contributed by atoms with van der Waals surface area (Å²) in [4.78, 5) is 11.1. The van der Waals surface area contributed by atoms with E-state index in [4.69, 9.17) is 5.73 Å². The summed E-state index contributed by atoms with van der Waals surface area (Å²) in [7, 11) is 0. The highest BCUT2D eigenvalue weighted by Gasteiger charge is 2.10. The van der Waals surface area contributed by atoms with E-state index < -0.39 is 5.91 Å². The Morgan fingerprint density at radius 1 is 1.57 bits per heavy atom. The number of aromatic nitrogens is 2. The van der Waals surface area contributed by atoms with Crippen LogP contribution in [-0.4, -0.2) is 16.1 Å². The first kappa shape index (κ1) is 8.74. The van der Waals surface area contributed by atoms with E-state index in [1.807, 2.05) is 19.1 Å². The minimum absolute atomic E-state index is 0.440. The summed E-state index contributed by atoms with van der Waals surface area (Å²) in [5, 5.41) is 7.96. The number of primary amides is 1. The van der Waals surface area contributed by atoms with E-state index in [1.54, 1.807) is 6.07 Å². The Morgan fingerprint density at radius 2 is 2.36 bits per heavy atom. The molecule has 14 heavy (non-hydrogen) atoms. The minimum Gasteiger partial charge on any atom is -0.366 e. The molecule has 1 aromatic carbocycles. The Hall–Kier alpha value is -1.84. The van der Waals surface area contributed by atoms with Gasteiger partial charge in [-0.25, -0.2) is 0 Å². The van der Waals surface area contributed by atoms with E-state index in [2.05, 4.69) is 10.2 Å². The number of carbonyl (C=O) groups excluding carboxylic acids is 1. The van der Waals surface area contributed by atoms with Gasteiger partial charge in [-0.1, -0.05) is 19.1 Å². The van der Waals surface area contributed by atoms with Gasteiger partial charge in [0.1, 0.15) is 5.52 Å². The van der Waals surface area contributed by atoms with Crippen molar-refractivity contribution >= 4 is 16.8 Å². The number of hydrogen-bond acceptors (Lipinski definition) is 2. The zero-order valence-corrected chi connectivity index (χ0v) is 7.87. The number of H-pyrrole nitrogens is 1. The molecule has 2 aromatic rings. The van der Waals surface area contributed by atoms with Crippen LogP contribution in [0.15, 0.2) is 18.2 Å². The van der Waals surface area contributed by atoms with E-state index in [1.165, 1.54) is 0 Å². The Bertz CT molecular complexity index is 487. The number of amides is 1. The van der Waals surface area contributed by atoms with Crippen LogP contribution in [-0.2, 0) is 6.42 Å². The molecule has 4 nitrogen and oxygen atoms in total. The molecule has 1 heterocycles. The molecule has 0 bridgehead atoms. The highest BCUT2D eigenvalue weighted by molar-refractivity contribution is 6.05. The van der Waals surface area contributed by atoms with Crippen molar-refractivity contribution < 1.29 is 4.79 Å². The van der Waals surface area contributed by atoms with Crippen molar-refractivity contribution in [1.82, 2.24) is 10.2 Å². The number of rotatable bonds is 2. The number of para-hydroxylation sites is 1. The second-order valence-corrected chi connectivity index (χ2v) is 3.12. The van der Waals surface area contributed by atoms with Gasteiger partial charge in [0.25, 0.3) is 5.91 Å². The fraction of sp³-hybridized carbons (Fsp3) is 0.200. The lowest BCUT2D eigenvalue weighted by molar-refractivity contribution is 0.100. The maximum atomic E-state index is 11.1. The smallest absolute Gasteiger partial charge is 0.250 e. The van der Waals surface area contributed by atoms with Gasteiger partial charge in [0, 0.05) is 11.1 Å². The van der Waals surface area contributed by atoms with Gasteiger partial charge in [0.15, 0.2) is 0 Å². The lowest BCUT2D eigenvalue weighted by Gasteiger charge is -1.96. The van der Waals surface area contributed by atoms with Crippen LogP contribution >= 0.6 is 0 Å². The fourth-order valence-corrected chi connectivity index (χ4v) is 1.56. The summed E-state index contributed by atoms with van der Waals surface area (Å²) in [6.07, 6.45) is 0.860. The van der Waals surface area contributed by atoms with Gasteiger partial charge in [-0.2, -0.15) is 5.10 Å². The SMILES string of the molecule is CCc1[nH]nc2c(C(N)=O)cccc12. The quantitative estimate of drug-likeness (QED) is 0.745. The maximum absolute atomic E-state index is 11.1. The number of aryl methyl sites for hydroxylation is 1. The molecule has 0 unspecified atom stereocenters. The van der Waals surface area contributed by atoms with E-state index >= 15 is 0 Å². The summed E-state index contributed by atoms with van der Waals surface area (Å²) in [6, 6.07) is 5.44. The number of nitrogens with one attached hydrogen (secondary N) is 1. The molecule has 1 aromatic heterocycles. The maximum Gasteiger partial charge on any atom is 0.250 e. The predicted molar refractivity (Wildman–Crippen MR) is 54.0 cm³/mol. The Balaban J connectivity index is 2.76. The number of hydrogen-bond donors (Lipinski definition) is 2. The summed E-state index contributed by atoms with van der Waals surface area (Å²) in [6.45, 7) is 2.03. The number of aromatic amines is 1. The fourth-order valence-electron chi connectivity index (χ4n) is 1.56. The molecule has 2 rings (SSSR count). The van der Waals surface area contributed by atoms with Crippen LogP contribution in [0.5, 0.6) is 0 Å². The molecule has 0 radical (unpaired) electrons. The van der Waals surface area contributed by atoms with Crippen LogP contribution in [0.2, 0.25) is 0 Å². The number of nitrogens with zero attached hydrogens (tertiary/aromatic N) is 1. The Kier molecular flexibility index (Phi) is 1.96. The predicted octanol–water partition coefficient (Wildman–Crippen LogP) is 1.22. The molecular weight excluding hydrogens is 178 g/mol. The second kappa shape index (κ2) is 3.14. The first-order valence-electron chi connectivity index (χ1n) is 4.49. The lowest BCUT2D eigenvalue weighted by Crippen LogP contribution is -2.11. The molecule has 1 amide bonds. The first-order valence-corrected chi connectivity index (χ1v) is 4.49. The van der Waals surface area contributed by atoms with Gasteiger partial charge in [-0.05, 0) is 12.5 Å². The molecule has 0 saturated heterocycles. The van der Waals surface area contributed by atoms with E-state index in [-0.39, 0.29) is 0 Å². The standard InChI is InChI=1S/C10H11N3O/c1-2-8-6-4-3-5-7(10(11)14)9(6)13-12-8/h3-5H,2H2,1H3,(H2,11,14)(H,12,13). The van der Waals surface area contributed by atoms with Gasteiger partial charge in [0.2, 0.25) is 0 Å². The van der Waals surface area contributed by atoms with Crippen molar-refractivity contribution in [2.75, 3.05) is 0 Å². The van der Waals surface area contributed by atoms with Gasteiger partial charge in [-0.15, -0.1) is 0 Å². The molecule has 0 aliphatic carbocycles. The van der Waals surface area contributed by atoms with Gasteiger partial charge in [0.05, 0.1) is 5.56 Å². The number of carbonyl (C=O) groups is 1. The lowest BCUT2D eigenvalue weighted by atomic mass is 10.1. The third-order valence-corrected chi connectivity index (χ3v) is 2.28. The van der Waals surface area contributed by atoms with Gasteiger partial charge in [-0.3, -0.25) is 9.89 Å². The normalized spacial score (nSPS) is 10.6. The van der Waals surface area contributed by atoms with Crippen molar-refractivity contribution in [2.45, 2.75) is 13.3 Å². The van der Waals surface area contributed by atoms with Crippen molar-refractivity contribution in [3.63, 3.8) is 0 Å². The monoisotopic (exact) mass is 189 g/mol. The van der Waals surface area contributed by atoms with Crippen LogP contribution in [0.3, 0.4) is 0 Å².